The van der Waals surface area contributed by atoms with E-state index in [0.29, 0.717) is 5.69 Å². The number of hydrogen-bond donors (Lipinski definition) is 2. The standard InChI is InChI=1S/C14H13NO4S/c1-9-11(7-12(20-9)13(16)17)15-14(18)19-8-10-5-3-2-4-6-10/h2-7H,8H2,1H3,(H,15,18)(H,16,17). The lowest BCUT2D eigenvalue weighted by molar-refractivity contribution is 0.0702. The number of carboxylic acid groups (broad SMARTS) is 1. The molecule has 0 atom stereocenters. The molecule has 104 valence electrons. The van der Waals surface area contributed by atoms with Gasteiger partial charge in [0, 0.05) is 4.88 Å². The van der Waals surface area contributed by atoms with Gasteiger partial charge in [-0.15, -0.1) is 11.3 Å². The molecular weight excluding hydrogens is 278 g/mol. The Labute approximate surface area is 119 Å². The maximum Gasteiger partial charge on any atom is 0.411 e. The lowest BCUT2D eigenvalue weighted by Gasteiger charge is -2.06. The lowest BCUT2D eigenvalue weighted by atomic mass is 10.2. The number of rotatable bonds is 4. The molecule has 20 heavy (non-hydrogen) atoms. The van der Waals surface area contributed by atoms with Crippen molar-refractivity contribution in [1.29, 1.82) is 0 Å². The van der Waals surface area contributed by atoms with Gasteiger partial charge < -0.3 is 9.84 Å². The van der Waals surface area contributed by atoms with E-state index < -0.39 is 12.1 Å². The van der Waals surface area contributed by atoms with E-state index in [0.717, 1.165) is 21.8 Å². The summed E-state index contributed by atoms with van der Waals surface area (Å²) in [5.74, 6) is -1.01. The Bertz CT molecular complexity index is 621. The number of amides is 1. The second-order valence-electron chi connectivity index (χ2n) is 4.07. The highest BCUT2D eigenvalue weighted by atomic mass is 32.1. The SMILES string of the molecule is Cc1sc(C(=O)O)cc1NC(=O)OCc1ccccc1. The smallest absolute Gasteiger partial charge is 0.411 e. The van der Waals surface area contributed by atoms with Gasteiger partial charge in [-0.25, -0.2) is 9.59 Å². The van der Waals surface area contributed by atoms with Crippen LogP contribution < -0.4 is 5.32 Å². The van der Waals surface area contributed by atoms with Gasteiger partial charge in [0.25, 0.3) is 0 Å². The first-order chi connectivity index (χ1) is 9.56. The van der Waals surface area contributed by atoms with Crippen molar-refractivity contribution in [2.45, 2.75) is 13.5 Å². The zero-order valence-electron chi connectivity index (χ0n) is 10.8. The molecule has 2 aromatic rings. The summed E-state index contributed by atoms with van der Waals surface area (Å²) in [6, 6.07) is 10.7. The van der Waals surface area contributed by atoms with Crippen molar-refractivity contribution in [2.24, 2.45) is 0 Å². The summed E-state index contributed by atoms with van der Waals surface area (Å²) in [5.41, 5.74) is 1.35. The van der Waals surface area contributed by atoms with Crippen molar-refractivity contribution < 1.29 is 19.4 Å². The van der Waals surface area contributed by atoms with Crippen LogP contribution in [0.4, 0.5) is 10.5 Å². The van der Waals surface area contributed by atoms with Gasteiger partial charge in [0.05, 0.1) is 5.69 Å². The van der Waals surface area contributed by atoms with Gasteiger partial charge in [-0.1, -0.05) is 30.3 Å². The predicted octanol–water partition coefficient (Wildman–Crippen LogP) is 3.50. The van der Waals surface area contributed by atoms with E-state index >= 15 is 0 Å². The largest absolute Gasteiger partial charge is 0.477 e. The number of carbonyl (C=O) groups excluding carboxylic acids is 1. The van der Waals surface area contributed by atoms with Gasteiger partial charge >= 0.3 is 12.1 Å². The second kappa shape index (κ2) is 6.21. The van der Waals surface area contributed by atoms with Crippen LogP contribution in [-0.4, -0.2) is 17.2 Å². The molecule has 0 aliphatic rings. The minimum absolute atomic E-state index is 0.168. The van der Waals surface area contributed by atoms with Crippen molar-refractivity contribution >= 4 is 29.1 Å². The van der Waals surface area contributed by atoms with Gasteiger partial charge in [0.1, 0.15) is 11.5 Å². The Hall–Kier alpha value is -2.34. The summed E-state index contributed by atoms with van der Waals surface area (Å²) in [7, 11) is 0. The van der Waals surface area contributed by atoms with E-state index in [-0.39, 0.29) is 11.5 Å². The number of anilines is 1. The summed E-state index contributed by atoms with van der Waals surface area (Å²) in [5, 5.41) is 11.4. The number of nitrogens with one attached hydrogen (secondary N) is 1. The molecule has 6 heteroatoms. The van der Waals surface area contributed by atoms with E-state index in [2.05, 4.69) is 5.32 Å². The highest BCUT2D eigenvalue weighted by Crippen LogP contribution is 2.26. The molecule has 1 aromatic carbocycles. The molecule has 0 bridgehead atoms. The number of carboxylic acids is 1. The molecule has 0 fully saturated rings. The van der Waals surface area contributed by atoms with Gasteiger partial charge in [0.15, 0.2) is 0 Å². The number of benzene rings is 1. The number of hydrogen-bond acceptors (Lipinski definition) is 4. The second-order valence-corrected chi connectivity index (χ2v) is 5.33. The Morgan fingerprint density at radius 3 is 2.60 bits per heavy atom. The lowest BCUT2D eigenvalue weighted by Crippen LogP contribution is -2.13. The molecule has 0 unspecified atom stereocenters. The van der Waals surface area contributed by atoms with E-state index in [1.807, 2.05) is 30.3 Å². The summed E-state index contributed by atoms with van der Waals surface area (Å²) in [6.07, 6.45) is -0.605. The maximum atomic E-state index is 11.6. The van der Waals surface area contributed by atoms with Gasteiger partial charge in [-0.2, -0.15) is 0 Å². The highest BCUT2D eigenvalue weighted by molar-refractivity contribution is 7.14. The number of ether oxygens (including phenoxy) is 1. The van der Waals surface area contributed by atoms with Crippen LogP contribution in [0.1, 0.15) is 20.1 Å². The molecular formula is C14H13NO4S. The molecule has 2 N–H and O–H groups in total. The first-order valence-corrected chi connectivity index (χ1v) is 6.69. The number of thiophene rings is 1. The average molecular weight is 291 g/mol. The maximum absolute atomic E-state index is 11.6. The molecule has 0 aliphatic heterocycles. The normalized spacial score (nSPS) is 10.1. The van der Waals surface area contributed by atoms with Crippen molar-refractivity contribution in [3.05, 3.63) is 51.7 Å². The van der Waals surface area contributed by atoms with Crippen molar-refractivity contribution in [3.8, 4) is 0 Å². The quantitative estimate of drug-likeness (QED) is 0.904. The van der Waals surface area contributed by atoms with E-state index in [1.54, 1.807) is 6.92 Å². The first kappa shape index (κ1) is 14.1. The fraction of sp³-hybridized carbons (Fsp3) is 0.143. The molecule has 0 spiro atoms. The number of aryl methyl sites for hydroxylation is 1. The third-order valence-corrected chi connectivity index (χ3v) is 3.62. The van der Waals surface area contributed by atoms with Crippen LogP contribution in [-0.2, 0) is 11.3 Å². The third-order valence-electron chi connectivity index (χ3n) is 2.58. The Morgan fingerprint density at radius 1 is 1.30 bits per heavy atom. The minimum Gasteiger partial charge on any atom is -0.477 e. The van der Waals surface area contributed by atoms with E-state index in [9.17, 15) is 9.59 Å². The molecule has 1 amide bonds. The molecule has 0 saturated heterocycles. The zero-order chi connectivity index (χ0) is 14.5. The van der Waals surface area contributed by atoms with E-state index in [4.69, 9.17) is 9.84 Å². The van der Waals surface area contributed by atoms with Crippen LogP contribution >= 0.6 is 11.3 Å². The minimum atomic E-state index is -1.01. The third kappa shape index (κ3) is 3.58. The summed E-state index contributed by atoms with van der Waals surface area (Å²) in [4.78, 5) is 23.4. The fourth-order valence-corrected chi connectivity index (χ4v) is 2.39. The summed E-state index contributed by atoms with van der Waals surface area (Å²) < 4.78 is 5.06. The van der Waals surface area contributed by atoms with Crippen LogP contribution in [0.5, 0.6) is 0 Å². The molecule has 2 rings (SSSR count). The predicted molar refractivity (Wildman–Crippen MR) is 76.3 cm³/mol. The van der Waals surface area contributed by atoms with Gasteiger partial charge in [-0.05, 0) is 18.6 Å². The fourth-order valence-electron chi connectivity index (χ4n) is 1.58. The summed E-state index contributed by atoms with van der Waals surface area (Å²) >= 11 is 1.11. The Balaban J connectivity index is 1.93. The van der Waals surface area contributed by atoms with Crippen LogP contribution in [0.25, 0.3) is 0 Å². The monoisotopic (exact) mass is 291 g/mol. The Kier molecular flexibility index (Phi) is 4.37. The van der Waals surface area contributed by atoms with Crippen molar-refractivity contribution in [2.75, 3.05) is 5.32 Å². The zero-order valence-corrected chi connectivity index (χ0v) is 11.6. The van der Waals surface area contributed by atoms with Crippen molar-refractivity contribution in [1.82, 2.24) is 0 Å². The topological polar surface area (TPSA) is 75.6 Å². The molecule has 0 saturated carbocycles. The van der Waals surface area contributed by atoms with E-state index in [1.165, 1.54) is 6.07 Å². The van der Waals surface area contributed by atoms with Crippen LogP contribution in [0, 0.1) is 6.92 Å². The van der Waals surface area contributed by atoms with Crippen LogP contribution in [0.2, 0.25) is 0 Å². The van der Waals surface area contributed by atoms with Gasteiger partial charge in [0.2, 0.25) is 0 Å². The van der Waals surface area contributed by atoms with Crippen LogP contribution in [0.15, 0.2) is 36.4 Å². The number of aromatic carboxylic acids is 1. The van der Waals surface area contributed by atoms with Crippen LogP contribution in [0.3, 0.4) is 0 Å². The highest BCUT2D eigenvalue weighted by Gasteiger charge is 2.13. The molecule has 5 nitrogen and oxygen atoms in total. The number of carbonyl (C=O) groups is 2. The average Bonchev–Trinajstić information content (AvgIpc) is 2.79. The molecule has 1 heterocycles. The molecule has 0 aliphatic carbocycles. The summed E-state index contributed by atoms with van der Waals surface area (Å²) in [6.45, 7) is 1.91. The Morgan fingerprint density at radius 2 is 2.00 bits per heavy atom. The van der Waals surface area contributed by atoms with Crippen molar-refractivity contribution in [3.63, 3.8) is 0 Å². The molecule has 0 radical (unpaired) electrons. The first-order valence-electron chi connectivity index (χ1n) is 5.87. The van der Waals surface area contributed by atoms with Gasteiger partial charge in [-0.3, -0.25) is 5.32 Å². The molecule has 1 aromatic heterocycles.